The van der Waals surface area contributed by atoms with Crippen molar-refractivity contribution >= 4 is 41.3 Å². The van der Waals surface area contributed by atoms with E-state index in [1.165, 1.54) is 17.7 Å². The number of piperidine rings is 1. The Labute approximate surface area is 130 Å². The zero-order valence-electron chi connectivity index (χ0n) is 10.9. The third kappa shape index (κ3) is 4.38. The van der Waals surface area contributed by atoms with Crippen LogP contribution >= 0.6 is 35.3 Å². The summed E-state index contributed by atoms with van der Waals surface area (Å²) in [6.45, 7) is 7.01. The molecule has 1 aliphatic heterocycles. The molecule has 2 rings (SSSR count). The Bertz CT molecular complexity index is 405. The molecule has 0 aliphatic carbocycles. The molecule has 1 atom stereocenters. The molecule has 1 saturated heterocycles. The van der Waals surface area contributed by atoms with E-state index in [9.17, 15) is 0 Å². The van der Waals surface area contributed by atoms with E-state index in [4.69, 9.17) is 5.73 Å². The summed E-state index contributed by atoms with van der Waals surface area (Å²) >= 11 is 1.68. The van der Waals surface area contributed by atoms with Gasteiger partial charge in [-0.2, -0.15) is 0 Å². The standard InChI is InChI=1S/C12H20N4S.HI/c1-9-4-3-5-16(8-9)12(13)15-7-11-6-14-10(2)17-11;/h6,9H,3-5,7-8H2,1-2H3,(H2,13,15);1H. The number of halogens is 1. The number of rotatable bonds is 2. The summed E-state index contributed by atoms with van der Waals surface area (Å²) in [5.41, 5.74) is 6.03. The first-order valence-corrected chi connectivity index (χ1v) is 6.93. The van der Waals surface area contributed by atoms with Gasteiger partial charge in [0.15, 0.2) is 5.96 Å². The minimum absolute atomic E-state index is 0. The number of nitrogens with two attached hydrogens (primary N) is 1. The molecule has 1 unspecified atom stereocenters. The highest BCUT2D eigenvalue weighted by Gasteiger charge is 2.17. The van der Waals surface area contributed by atoms with E-state index >= 15 is 0 Å². The first-order valence-electron chi connectivity index (χ1n) is 6.11. The first-order chi connectivity index (χ1) is 8.15. The van der Waals surface area contributed by atoms with Crippen molar-refractivity contribution in [1.29, 1.82) is 0 Å². The van der Waals surface area contributed by atoms with Crippen LogP contribution in [0.4, 0.5) is 0 Å². The number of thiazole rings is 1. The summed E-state index contributed by atoms with van der Waals surface area (Å²) < 4.78 is 0. The van der Waals surface area contributed by atoms with Crippen LogP contribution in [0.2, 0.25) is 0 Å². The average Bonchev–Trinajstić information content (AvgIpc) is 2.72. The quantitative estimate of drug-likeness (QED) is 0.488. The predicted octanol–water partition coefficient (Wildman–Crippen LogP) is 2.62. The minimum atomic E-state index is 0. The molecule has 2 N–H and O–H groups in total. The lowest BCUT2D eigenvalue weighted by molar-refractivity contribution is 0.270. The highest BCUT2D eigenvalue weighted by molar-refractivity contribution is 14.0. The van der Waals surface area contributed by atoms with E-state index in [1.807, 2.05) is 13.1 Å². The molecule has 0 saturated carbocycles. The van der Waals surface area contributed by atoms with Gasteiger partial charge in [0.25, 0.3) is 0 Å². The van der Waals surface area contributed by atoms with Crippen LogP contribution in [0.5, 0.6) is 0 Å². The lowest BCUT2D eigenvalue weighted by Crippen LogP contribution is -2.43. The molecule has 0 spiro atoms. The lowest BCUT2D eigenvalue weighted by Gasteiger charge is -2.31. The van der Waals surface area contributed by atoms with Gasteiger partial charge in [-0.25, -0.2) is 9.98 Å². The van der Waals surface area contributed by atoms with Gasteiger partial charge in [0.2, 0.25) is 0 Å². The van der Waals surface area contributed by atoms with E-state index in [-0.39, 0.29) is 24.0 Å². The Morgan fingerprint density at radius 3 is 3.06 bits per heavy atom. The van der Waals surface area contributed by atoms with Crippen LogP contribution in [0.3, 0.4) is 0 Å². The molecule has 102 valence electrons. The number of aromatic nitrogens is 1. The molecule has 18 heavy (non-hydrogen) atoms. The largest absolute Gasteiger partial charge is 0.370 e. The van der Waals surface area contributed by atoms with E-state index in [2.05, 4.69) is 21.8 Å². The Morgan fingerprint density at radius 2 is 2.44 bits per heavy atom. The van der Waals surface area contributed by atoms with Gasteiger partial charge in [-0.05, 0) is 25.7 Å². The summed E-state index contributed by atoms with van der Waals surface area (Å²) in [5, 5.41) is 1.08. The molecule has 1 fully saturated rings. The molecule has 0 radical (unpaired) electrons. The third-order valence-corrected chi connectivity index (χ3v) is 3.94. The molecule has 6 heteroatoms. The van der Waals surface area contributed by atoms with Crippen LogP contribution in [0.1, 0.15) is 29.7 Å². The fourth-order valence-corrected chi connectivity index (χ4v) is 2.85. The monoisotopic (exact) mass is 380 g/mol. The number of hydrogen-bond acceptors (Lipinski definition) is 3. The molecule has 4 nitrogen and oxygen atoms in total. The van der Waals surface area contributed by atoms with Gasteiger partial charge in [0.05, 0.1) is 11.6 Å². The van der Waals surface area contributed by atoms with Crippen molar-refractivity contribution in [2.24, 2.45) is 16.6 Å². The molecule has 1 aliphatic rings. The molecule has 2 heterocycles. The second kappa shape index (κ2) is 7.28. The van der Waals surface area contributed by atoms with E-state index in [1.54, 1.807) is 11.3 Å². The number of nitrogens with zero attached hydrogens (tertiary/aromatic N) is 3. The van der Waals surface area contributed by atoms with Crippen molar-refractivity contribution in [3.63, 3.8) is 0 Å². The zero-order chi connectivity index (χ0) is 12.3. The summed E-state index contributed by atoms with van der Waals surface area (Å²) in [5.74, 6) is 1.41. The normalized spacial score (nSPS) is 20.7. The zero-order valence-corrected chi connectivity index (χ0v) is 14.1. The maximum Gasteiger partial charge on any atom is 0.191 e. The van der Waals surface area contributed by atoms with E-state index < -0.39 is 0 Å². The molecule has 1 aromatic heterocycles. The molecule has 1 aromatic rings. The molecule has 0 aromatic carbocycles. The Morgan fingerprint density at radius 1 is 1.67 bits per heavy atom. The van der Waals surface area contributed by atoms with Crippen LogP contribution in [-0.4, -0.2) is 28.9 Å². The van der Waals surface area contributed by atoms with Gasteiger partial charge >= 0.3 is 0 Å². The summed E-state index contributed by atoms with van der Waals surface area (Å²) in [4.78, 5) is 12.0. The minimum Gasteiger partial charge on any atom is -0.370 e. The Hall–Kier alpha value is -0.370. The highest BCUT2D eigenvalue weighted by Crippen LogP contribution is 2.16. The second-order valence-corrected chi connectivity index (χ2v) is 6.03. The van der Waals surface area contributed by atoms with Crippen LogP contribution < -0.4 is 5.73 Å². The fraction of sp³-hybridized carbons (Fsp3) is 0.667. The van der Waals surface area contributed by atoms with Crippen LogP contribution in [0.25, 0.3) is 0 Å². The molecular weight excluding hydrogens is 359 g/mol. The third-order valence-electron chi connectivity index (χ3n) is 3.05. The van der Waals surface area contributed by atoms with Crippen molar-refractivity contribution in [3.05, 3.63) is 16.1 Å². The van der Waals surface area contributed by atoms with Crippen molar-refractivity contribution in [2.75, 3.05) is 13.1 Å². The Kier molecular flexibility index (Phi) is 6.34. The smallest absolute Gasteiger partial charge is 0.191 e. The van der Waals surface area contributed by atoms with Gasteiger partial charge < -0.3 is 10.6 Å². The average molecular weight is 380 g/mol. The second-order valence-electron chi connectivity index (χ2n) is 4.71. The summed E-state index contributed by atoms with van der Waals surface area (Å²) in [6, 6.07) is 0. The lowest BCUT2D eigenvalue weighted by atomic mass is 10.0. The fourth-order valence-electron chi connectivity index (χ4n) is 2.13. The number of likely N-dealkylation sites (tertiary alicyclic amines) is 1. The predicted molar refractivity (Wildman–Crippen MR) is 87.6 cm³/mol. The van der Waals surface area contributed by atoms with Gasteiger partial charge in [-0.15, -0.1) is 35.3 Å². The van der Waals surface area contributed by atoms with Gasteiger partial charge in [-0.1, -0.05) is 6.92 Å². The van der Waals surface area contributed by atoms with Gasteiger partial charge in [-0.3, -0.25) is 0 Å². The van der Waals surface area contributed by atoms with Crippen molar-refractivity contribution in [2.45, 2.75) is 33.2 Å². The molecule has 0 amide bonds. The van der Waals surface area contributed by atoms with Crippen molar-refractivity contribution < 1.29 is 0 Å². The van der Waals surface area contributed by atoms with Crippen molar-refractivity contribution in [3.8, 4) is 0 Å². The van der Waals surface area contributed by atoms with Crippen LogP contribution in [0, 0.1) is 12.8 Å². The molecule has 0 bridgehead atoms. The number of aliphatic imine (C=N–C) groups is 1. The van der Waals surface area contributed by atoms with E-state index in [0.29, 0.717) is 12.5 Å². The topological polar surface area (TPSA) is 54.5 Å². The van der Waals surface area contributed by atoms with Crippen molar-refractivity contribution in [1.82, 2.24) is 9.88 Å². The maximum absolute atomic E-state index is 6.03. The SMILES string of the molecule is Cc1ncc(CN=C(N)N2CCCC(C)C2)s1.I. The number of hydrogen-bond donors (Lipinski definition) is 1. The maximum atomic E-state index is 6.03. The van der Waals surface area contributed by atoms with Gasteiger partial charge in [0.1, 0.15) is 0 Å². The Balaban J connectivity index is 0.00000162. The number of aryl methyl sites for hydroxylation is 1. The highest BCUT2D eigenvalue weighted by atomic mass is 127. The number of guanidine groups is 1. The van der Waals surface area contributed by atoms with Gasteiger partial charge in [0, 0.05) is 24.2 Å². The van der Waals surface area contributed by atoms with E-state index in [0.717, 1.165) is 24.0 Å². The summed E-state index contributed by atoms with van der Waals surface area (Å²) in [7, 11) is 0. The van der Waals surface area contributed by atoms with Crippen LogP contribution in [-0.2, 0) is 6.54 Å². The first kappa shape index (κ1) is 15.7. The summed E-state index contributed by atoms with van der Waals surface area (Å²) in [6.07, 6.45) is 4.41. The molecular formula is C12H21IN4S. The van der Waals surface area contributed by atoms with Crippen LogP contribution in [0.15, 0.2) is 11.2 Å².